The van der Waals surface area contributed by atoms with Crippen molar-refractivity contribution in [3.63, 3.8) is 0 Å². The largest absolute Gasteiger partial charge is 0.487 e. The minimum absolute atomic E-state index is 0.219. The molecule has 1 fully saturated rings. The summed E-state index contributed by atoms with van der Waals surface area (Å²) in [4.78, 5) is 12.5. The molecule has 1 aromatic carbocycles. The molecule has 1 saturated heterocycles. The Labute approximate surface area is 140 Å². The van der Waals surface area contributed by atoms with Crippen LogP contribution in [0.15, 0.2) is 36.5 Å². The zero-order valence-corrected chi connectivity index (χ0v) is 13.7. The standard InChI is InChI=1S/C17H22N4O3/c1-23-7-8-24-15-12-21(14-5-3-2-4-6-14)20-16(15)17(22)19-11-13-9-18-10-13/h2-6,12-13,18H,7-11H2,1H3,(H,19,22). The maximum Gasteiger partial charge on any atom is 0.275 e. The van der Waals surface area contributed by atoms with E-state index in [2.05, 4.69) is 15.7 Å². The smallest absolute Gasteiger partial charge is 0.275 e. The fraction of sp³-hybridized carbons (Fsp3) is 0.412. The van der Waals surface area contributed by atoms with Crippen LogP contribution in [-0.2, 0) is 4.74 Å². The van der Waals surface area contributed by atoms with E-state index in [1.165, 1.54) is 0 Å². The highest BCUT2D eigenvalue weighted by Gasteiger charge is 2.22. The van der Waals surface area contributed by atoms with Gasteiger partial charge in [-0.15, -0.1) is 0 Å². The molecule has 128 valence electrons. The molecule has 0 aliphatic carbocycles. The third-order valence-electron chi connectivity index (χ3n) is 3.88. The summed E-state index contributed by atoms with van der Waals surface area (Å²) in [6.07, 6.45) is 1.73. The van der Waals surface area contributed by atoms with Gasteiger partial charge in [0.2, 0.25) is 0 Å². The number of carbonyl (C=O) groups is 1. The lowest BCUT2D eigenvalue weighted by atomic mass is 10.0. The van der Waals surface area contributed by atoms with Crippen LogP contribution in [-0.4, -0.2) is 55.6 Å². The van der Waals surface area contributed by atoms with Gasteiger partial charge in [0, 0.05) is 32.7 Å². The predicted molar refractivity (Wildman–Crippen MR) is 89.6 cm³/mol. The van der Waals surface area contributed by atoms with Crippen molar-refractivity contribution >= 4 is 5.91 Å². The quantitative estimate of drug-likeness (QED) is 0.702. The number of nitrogens with one attached hydrogen (secondary N) is 2. The van der Waals surface area contributed by atoms with Gasteiger partial charge in [0.05, 0.1) is 18.5 Å². The van der Waals surface area contributed by atoms with E-state index in [4.69, 9.17) is 9.47 Å². The topological polar surface area (TPSA) is 77.4 Å². The number of amides is 1. The van der Waals surface area contributed by atoms with Crippen LogP contribution < -0.4 is 15.4 Å². The first kappa shape index (κ1) is 16.5. The maximum atomic E-state index is 12.5. The van der Waals surface area contributed by atoms with Gasteiger partial charge in [0.15, 0.2) is 11.4 Å². The molecule has 7 heteroatoms. The average Bonchev–Trinajstić information content (AvgIpc) is 2.99. The molecule has 2 heterocycles. The molecule has 1 amide bonds. The molecule has 3 rings (SSSR count). The third kappa shape index (κ3) is 3.93. The Bertz CT molecular complexity index is 668. The zero-order valence-electron chi connectivity index (χ0n) is 13.7. The van der Waals surface area contributed by atoms with Gasteiger partial charge in [-0.1, -0.05) is 18.2 Å². The second-order valence-corrected chi connectivity index (χ2v) is 5.70. The van der Waals surface area contributed by atoms with Crippen LogP contribution in [0.4, 0.5) is 0 Å². The van der Waals surface area contributed by atoms with Gasteiger partial charge in [0.1, 0.15) is 6.61 Å². The molecule has 0 saturated carbocycles. The molecule has 1 aliphatic rings. The first-order valence-electron chi connectivity index (χ1n) is 8.03. The van der Waals surface area contributed by atoms with Gasteiger partial charge in [-0.2, -0.15) is 5.10 Å². The Morgan fingerprint density at radius 1 is 1.33 bits per heavy atom. The Balaban J connectivity index is 1.75. The van der Waals surface area contributed by atoms with Crippen molar-refractivity contribution in [2.24, 2.45) is 5.92 Å². The lowest BCUT2D eigenvalue weighted by Gasteiger charge is -2.26. The molecule has 1 aromatic heterocycles. The number of carbonyl (C=O) groups excluding carboxylic acids is 1. The summed E-state index contributed by atoms with van der Waals surface area (Å²) in [6, 6.07) is 9.63. The highest BCUT2D eigenvalue weighted by atomic mass is 16.5. The summed E-state index contributed by atoms with van der Waals surface area (Å²) in [5.41, 5.74) is 1.17. The SMILES string of the molecule is COCCOc1cn(-c2ccccc2)nc1C(=O)NCC1CNC1. The monoisotopic (exact) mass is 330 g/mol. The van der Waals surface area contributed by atoms with E-state index in [-0.39, 0.29) is 5.91 Å². The molecule has 2 aromatic rings. The van der Waals surface area contributed by atoms with Crippen LogP contribution in [0.2, 0.25) is 0 Å². The number of hydrogen-bond donors (Lipinski definition) is 2. The minimum atomic E-state index is -0.219. The fourth-order valence-corrected chi connectivity index (χ4v) is 2.38. The average molecular weight is 330 g/mol. The van der Waals surface area contributed by atoms with Crippen LogP contribution in [0.3, 0.4) is 0 Å². The number of benzene rings is 1. The Hall–Kier alpha value is -2.38. The molecule has 0 radical (unpaired) electrons. The number of methoxy groups -OCH3 is 1. The summed E-state index contributed by atoms with van der Waals surface area (Å²) in [7, 11) is 1.61. The van der Waals surface area contributed by atoms with Crippen LogP contribution in [0.1, 0.15) is 10.5 Å². The van der Waals surface area contributed by atoms with E-state index in [1.54, 1.807) is 18.0 Å². The summed E-state index contributed by atoms with van der Waals surface area (Å²) >= 11 is 0. The summed E-state index contributed by atoms with van der Waals surface area (Å²) in [5.74, 6) is 0.729. The summed E-state index contributed by atoms with van der Waals surface area (Å²) in [5, 5.41) is 10.5. The van der Waals surface area contributed by atoms with Crippen LogP contribution in [0.25, 0.3) is 5.69 Å². The number of para-hydroxylation sites is 1. The highest BCUT2D eigenvalue weighted by Crippen LogP contribution is 2.20. The van der Waals surface area contributed by atoms with Gasteiger partial charge in [-0.25, -0.2) is 4.68 Å². The lowest BCUT2D eigenvalue weighted by molar-refractivity contribution is 0.0929. The molecular weight excluding hydrogens is 308 g/mol. The molecule has 0 unspecified atom stereocenters. The number of ether oxygens (including phenoxy) is 2. The second kappa shape index (κ2) is 7.94. The van der Waals surface area contributed by atoms with E-state index in [0.29, 0.717) is 37.1 Å². The Morgan fingerprint density at radius 2 is 2.12 bits per heavy atom. The number of nitrogens with zero attached hydrogens (tertiary/aromatic N) is 2. The molecule has 0 bridgehead atoms. The van der Waals surface area contributed by atoms with Crippen LogP contribution in [0, 0.1) is 5.92 Å². The van der Waals surface area contributed by atoms with Crippen molar-refractivity contribution < 1.29 is 14.3 Å². The van der Waals surface area contributed by atoms with Crippen molar-refractivity contribution in [1.82, 2.24) is 20.4 Å². The molecular formula is C17H22N4O3. The molecule has 0 atom stereocenters. The van der Waals surface area contributed by atoms with E-state index in [9.17, 15) is 4.79 Å². The fourth-order valence-electron chi connectivity index (χ4n) is 2.38. The molecule has 0 spiro atoms. The van der Waals surface area contributed by atoms with E-state index in [0.717, 1.165) is 18.8 Å². The van der Waals surface area contributed by atoms with E-state index >= 15 is 0 Å². The van der Waals surface area contributed by atoms with E-state index < -0.39 is 0 Å². The molecule has 24 heavy (non-hydrogen) atoms. The van der Waals surface area contributed by atoms with Gasteiger partial charge in [-0.05, 0) is 12.1 Å². The Morgan fingerprint density at radius 3 is 2.79 bits per heavy atom. The zero-order chi connectivity index (χ0) is 16.8. The van der Waals surface area contributed by atoms with Crippen molar-refractivity contribution in [2.45, 2.75) is 0 Å². The van der Waals surface area contributed by atoms with Crippen molar-refractivity contribution in [3.8, 4) is 11.4 Å². The first-order chi connectivity index (χ1) is 11.8. The number of aromatic nitrogens is 2. The maximum absolute atomic E-state index is 12.5. The normalized spacial score (nSPS) is 14.2. The lowest BCUT2D eigenvalue weighted by Crippen LogP contribution is -2.48. The third-order valence-corrected chi connectivity index (χ3v) is 3.88. The van der Waals surface area contributed by atoms with Crippen molar-refractivity contribution in [3.05, 3.63) is 42.2 Å². The number of hydrogen-bond acceptors (Lipinski definition) is 5. The summed E-state index contributed by atoms with van der Waals surface area (Å²) < 4.78 is 12.3. The first-order valence-corrected chi connectivity index (χ1v) is 8.03. The molecule has 2 N–H and O–H groups in total. The second-order valence-electron chi connectivity index (χ2n) is 5.70. The van der Waals surface area contributed by atoms with Crippen LogP contribution >= 0.6 is 0 Å². The van der Waals surface area contributed by atoms with Crippen LogP contribution in [0.5, 0.6) is 5.75 Å². The van der Waals surface area contributed by atoms with Gasteiger partial charge < -0.3 is 20.1 Å². The number of rotatable bonds is 8. The summed E-state index contributed by atoms with van der Waals surface area (Å²) in [6.45, 7) is 3.34. The molecule has 1 aliphatic heterocycles. The Kier molecular flexibility index (Phi) is 5.45. The van der Waals surface area contributed by atoms with E-state index in [1.807, 2.05) is 30.3 Å². The van der Waals surface area contributed by atoms with Gasteiger partial charge in [0.25, 0.3) is 5.91 Å². The highest BCUT2D eigenvalue weighted by molar-refractivity contribution is 5.95. The minimum Gasteiger partial charge on any atom is -0.487 e. The van der Waals surface area contributed by atoms with Gasteiger partial charge in [-0.3, -0.25) is 4.79 Å². The van der Waals surface area contributed by atoms with Gasteiger partial charge >= 0.3 is 0 Å². The molecule has 7 nitrogen and oxygen atoms in total. The predicted octanol–water partition coefficient (Wildman–Crippen LogP) is 0.847. The van der Waals surface area contributed by atoms with Crippen molar-refractivity contribution in [1.29, 1.82) is 0 Å². The van der Waals surface area contributed by atoms with Crippen molar-refractivity contribution in [2.75, 3.05) is 40.0 Å².